The number of fused-ring (bicyclic) bond motifs is 1. The van der Waals surface area contributed by atoms with Gasteiger partial charge in [-0.05, 0) is 62.3 Å². The third kappa shape index (κ3) is 3.72. The SMILES string of the molecule is O=C(c1ccc(NC2CCNCC2)c2cccnc12)N(Cl)c1cccnc1. The first kappa shape index (κ1) is 17.7. The summed E-state index contributed by atoms with van der Waals surface area (Å²) in [5.41, 5.74) is 2.60. The second-order valence-electron chi connectivity index (χ2n) is 6.53. The van der Waals surface area contributed by atoms with Gasteiger partial charge in [0, 0.05) is 41.3 Å². The molecule has 1 aromatic carbocycles. The predicted molar refractivity (Wildman–Crippen MR) is 108 cm³/mol. The molecule has 4 rings (SSSR count). The molecule has 0 bridgehead atoms. The van der Waals surface area contributed by atoms with Crippen molar-refractivity contribution in [2.45, 2.75) is 18.9 Å². The van der Waals surface area contributed by atoms with Crippen LogP contribution in [0.5, 0.6) is 0 Å². The van der Waals surface area contributed by atoms with Crippen molar-refractivity contribution in [2.75, 3.05) is 22.8 Å². The summed E-state index contributed by atoms with van der Waals surface area (Å²) in [5.74, 6) is -0.332. The number of piperidine rings is 1. The fourth-order valence-corrected chi connectivity index (χ4v) is 3.54. The molecule has 1 saturated heterocycles. The van der Waals surface area contributed by atoms with E-state index in [0.29, 0.717) is 22.8 Å². The van der Waals surface area contributed by atoms with E-state index in [0.717, 1.165) is 41.4 Å². The Morgan fingerprint density at radius 1 is 1.15 bits per heavy atom. The molecule has 3 aromatic rings. The largest absolute Gasteiger partial charge is 0.382 e. The number of amides is 1. The van der Waals surface area contributed by atoms with Gasteiger partial charge in [0.1, 0.15) is 0 Å². The Morgan fingerprint density at radius 2 is 1.96 bits per heavy atom. The Kier molecular flexibility index (Phi) is 5.18. The van der Waals surface area contributed by atoms with Crippen molar-refractivity contribution in [2.24, 2.45) is 0 Å². The van der Waals surface area contributed by atoms with Crippen LogP contribution in [0.4, 0.5) is 11.4 Å². The molecule has 1 fully saturated rings. The molecule has 2 aromatic heterocycles. The van der Waals surface area contributed by atoms with Crippen LogP contribution in [-0.2, 0) is 0 Å². The molecular weight excluding hydrogens is 362 g/mol. The molecule has 3 heterocycles. The first-order valence-electron chi connectivity index (χ1n) is 8.99. The lowest BCUT2D eigenvalue weighted by atomic mass is 10.0. The van der Waals surface area contributed by atoms with Crippen LogP contribution in [0.1, 0.15) is 23.2 Å². The van der Waals surface area contributed by atoms with Gasteiger partial charge in [0.25, 0.3) is 5.91 Å². The minimum Gasteiger partial charge on any atom is -0.382 e. The molecule has 0 atom stereocenters. The van der Waals surface area contributed by atoms with E-state index < -0.39 is 0 Å². The number of hydrogen-bond acceptors (Lipinski definition) is 5. The number of halogens is 1. The maximum absolute atomic E-state index is 13.0. The first-order valence-corrected chi connectivity index (χ1v) is 9.33. The lowest BCUT2D eigenvalue weighted by molar-refractivity contribution is 0.101. The van der Waals surface area contributed by atoms with Crippen molar-refractivity contribution in [3.63, 3.8) is 0 Å². The van der Waals surface area contributed by atoms with Gasteiger partial charge in [0.2, 0.25) is 0 Å². The Balaban J connectivity index is 1.68. The molecule has 1 amide bonds. The zero-order valence-electron chi connectivity index (χ0n) is 14.7. The van der Waals surface area contributed by atoms with Crippen LogP contribution < -0.4 is 15.1 Å². The molecule has 0 saturated carbocycles. The minimum absolute atomic E-state index is 0.332. The second kappa shape index (κ2) is 7.90. The molecule has 0 aliphatic carbocycles. The molecule has 0 unspecified atom stereocenters. The number of aromatic nitrogens is 2. The molecule has 138 valence electrons. The van der Waals surface area contributed by atoms with E-state index in [1.54, 1.807) is 36.8 Å². The predicted octanol–water partition coefficient (Wildman–Crippen LogP) is 3.59. The van der Waals surface area contributed by atoms with Crippen LogP contribution in [0.2, 0.25) is 0 Å². The third-order valence-corrected chi connectivity index (χ3v) is 5.10. The number of carbonyl (C=O) groups excluding carboxylic acids is 1. The van der Waals surface area contributed by atoms with Crippen molar-refractivity contribution in [3.8, 4) is 0 Å². The molecule has 0 spiro atoms. The van der Waals surface area contributed by atoms with Gasteiger partial charge >= 0.3 is 0 Å². The molecule has 1 aliphatic heterocycles. The molecule has 7 heteroatoms. The van der Waals surface area contributed by atoms with E-state index in [9.17, 15) is 4.79 Å². The zero-order valence-corrected chi connectivity index (χ0v) is 15.5. The summed E-state index contributed by atoms with van der Waals surface area (Å²) >= 11 is 6.28. The third-order valence-electron chi connectivity index (χ3n) is 4.75. The Morgan fingerprint density at radius 3 is 2.74 bits per heavy atom. The highest BCUT2D eigenvalue weighted by atomic mass is 35.5. The number of carbonyl (C=O) groups is 1. The second-order valence-corrected chi connectivity index (χ2v) is 6.86. The van der Waals surface area contributed by atoms with Crippen LogP contribution in [0.15, 0.2) is 55.0 Å². The number of nitrogens with one attached hydrogen (secondary N) is 2. The minimum atomic E-state index is -0.332. The maximum Gasteiger partial charge on any atom is 0.275 e. The number of rotatable bonds is 4. The average Bonchev–Trinajstić information content (AvgIpc) is 2.74. The topological polar surface area (TPSA) is 70.2 Å². The van der Waals surface area contributed by atoms with Crippen molar-refractivity contribution < 1.29 is 4.79 Å². The summed E-state index contributed by atoms with van der Waals surface area (Å²) in [7, 11) is 0. The summed E-state index contributed by atoms with van der Waals surface area (Å²) in [6.07, 6.45) is 7.01. The molecule has 0 radical (unpaired) electrons. The van der Waals surface area contributed by atoms with E-state index in [1.165, 1.54) is 0 Å². The standard InChI is InChI=1S/C20H20ClN5O/c21-26(15-3-1-9-23-13-15)20(27)17-5-6-18(16-4-2-10-24-19(16)17)25-14-7-11-22-12-8-14/h1-6,9-10,13-14,22,25H,7-8,11-12H2. The van der Waals surface area contributed by atoms with Gasteiger partial charge < -0.3 is 10.6 Å². The van der Waals surface area contributed by atoms with Gasteiger partial charge in [-0.15, -0.1) is 0 Å². The van der Waals surface area contributed by atoms with Crippen LogP contribution >= 0.6 is 11.8 Å². The summed E-state index contributed by atoms with van der Waals surface area (Å²) in [6, 6.07) is 11.5. The van der Waals surface area contributed by atoms with Gasteiger partial charge in [-0.2, -0.15) is 0 Å². The van der Waals surface area contributed by atoms with Crippen LogP contribution in [0.25, 0.3) is 10.9 Å². The first-order chi connectivity index (χ1) is 13.2. The molecule has 6 nitrogen and oxygen atoms in total. The highest BCUT2D eigenvalue weighted by Gasteiger charge is 2.21. The van der Waals surface area contributed by atoms with Gasteiger partial charge in [-0.1, -0.05) is 0 Å². The van der Waals surface area contributed by atoms with Crippen LogP contribution in [-0.4, -0.2) is 35.0 Å². The molecular formula is C20H20ClN5O. The number of hydrogen-bond donors (Lipinski definition) is 2. The van der Waals surface area contributed by atoms with Crippen molar-refractivity contribution in [1.29, 1.82) is 0 Å². The summed E-state index contributed by atoms with van der Waals surface area (Å²) < 4.78 is 1.08. The summed E-state index contributed by atoms with van der Waals surface area (Å²) in [6.45, 7) is 2.02. The van der Waals surface area contributed by atoms with Crippen molar-refractivity contribution in [1.82, 2.24) is 15.3 Å². The normalized spacial score (nSPS) is 14.9. The fourth-order valence-electron chi connectivity index (χ4n) is 3.35. The smallest absolute Gasteiger partial charge is 0.275 e. The highest BCUT2D eigenvalue weighted by Crippen LogP contribution is 2.29. The van der Waals surface area contributed by atoms with Crippen LogP contribution in [0.3, 0.4) is 0 Å². The summed E-state index contributed by atoms with van der Waals surface area (Å²) in [4.78, 5) is 21.4. The number of nitrogens with zero attached hydrogens (tertiary/aromatic N) is 3. The Bertz CT molecular complexity index is 944. The van der Waals surface area contributed by atoms with Crippen molar-refractivity contribution in [3.05, 3.63) is 60.6 Å². The number of anilines is 2. The van der Waals surface area contributed by atoms with E-state index in [2.05, 4.69) is 20.6 Å². The van der Waals surface area contributed by atoms with E-state index >= 15 is 0 Å². The van der Waals surface area contributed by atoms with Gasteiger partial charge in [0.15, 0.2) is 0 Å². The van der Waals surface area contributed by atoms with Gasteiger partial charge in [-0.25, -0.2) is 4.42 Å². The van der Waals surface area contributed by atoms with Crippen molar-refractivity contribution >= 4 is 40.0 Å². The molecule has 1 aliphatic rings. The molecule has 2 N–H and O–H groups in total. The Labute approximate surface area is 162 Å². The van der Waals surface area contributed by atoms with E-state index in [4.69, 9.17) is 11.8 Å². The van der Waals surface area contributed by atoms with E-state index in [-0.39, 0.29) is 5.91 Å². The lowest BCUT2D eigenvalue weighted by Gasteiger charge is -2.25. The lowest BCUT2D eigenvalue weighted by Crippen LogP contribution is -2.35. The summed E-state index contributed by atoms with van der Waals surface area (Å²) in [5, 5.41) is 7.89. The van der Waals surface area contributed by atoms with Gasteiger partial charge in [0.05, 0.1) is 23.0 Å². The van der Waals surface area contributed by atoms with Crippen LogP contribution in [0, 0.1) is 0 Å². The zero-order chi connectivity index (χ0) is 18.6. The quantitative estimate of drug-likeness (QED) is 0.676. The number of pyridine rings is 2. The van der Waals surface area contributed by atoms with Gasteiger partial charge in [-0.3, -0.25) is 14.8 Å². The fraction of sp³-hybridized carbons (Fsp3) is 0.250. The highest BCUT2D eigenvalue weighted by molar-refractivity contribution is 6.40. The van der Waals surface area contributed by atoms with E-state index in [1.807, 2.05) is 18.2 Å². The maximum atomic E-state index is 13.0. The molecule has 27 heavy (non-hydrogen) atoms. The average molecular weight is 382 g/mol. The monoisotopic (exact) mass is 381 g/mol. The Hall–Kier alpha value is -2.70. The number of benzene rings is 1.